The van der Waals surface area contributed by atoms with Crippen LogP contribution in [-0.4, -0.2) is 22.0 Å². The standard InChI is InChI=1S/C13H7BrCl2N2O3/c14-7-5-6(13(20)21)1-3-9(7)17-12(19)11-8(15)2-4-10(16)18-11/h1-5H,(H,17,19)(H,20,21). The summed E-state index contributed by atoms with van der Waals surface area (Å²) < 4.78 is 0.425. The average Bonchev–Trinajstić information content (AvgIpc) is 2.43. The minimum Gasteiger partial charge on any atom is -0.478 e. The Morgan fingerprint density at radius 3 is 2.52 bits per heavy atom. The van der Waals surface area contributed by atoms with Crippen LogP contribution < -0.4 is 5.32 Å². The second-order valence-electron chi connectivity index (χ2n) is 3.92. The fourth-order valence-electron chi connectivity index (χ4n) is 1.51. The molecule has 8 heteroatoms. The first-order valence-corrected chi connectivity index (χ1v) is 7.09. The summed E-state index contributed by atoms with van der Waals surface area (Å²) in [5, 5.41) is 11.8. The Balaban J connectivity index is 2.27. The highest BCUT2D eigenvalue weighted by atomic mass is 79.9. The van der Waals surface area contributed by atoms with E-state index in [1.807, 2.05) is 0 Å². The largest absolute Gasteiger partial charge is 0.478 e. The molecular formula is C13H7BrCl2N2O3. The average molecular weight is 390 g/mol. The van der Waals surface area contributed by atoms with E-state index in [0.717, 1.165) is 0 Å². The van der Waals surface area contributed by atoms with E-state index in [0.29, 0.717) is 10.2 Å². The van der Waals surface area contributed by atoms with Crippen LogP contribution in [0.2, 0.25) is 10.2 Å². The molecule has 0 aliphatic carbocycles. The van der Waals surface area contributed by atoms with E-state index < -0.39 is 11.9 Å². The van der Waals surface area contributed by atoms with Crippen LogP contribution in [0, 0.1) is 0 Å². The molecule has 0 aliphatic heterocycles. The van der Waals surface area contributed by atoms with Gasteiger partial charge in [-0.15, -0.1) is 0 Å². The molecule has 108 valence electrons. The molecule has 1 aromatic heterocycles. The van der Waals surface area contributed by atoms with Crippen molar-refractivity contribution < 1.29 is 14.7 Å². The fraction of sp³-hybridized carbons (Fsp3) is 0. The van der Waals surface area contributed by atoms with Crippen LogP contribution in [0.3, 0.4) is 0 Å². The summed E-state index contributed by atoms with van der Waals surface area (Å²) in [6.45, 7) is 0. The topological polar surface area (TPSA) is 79.3 Å². The molecule has 0 radical (unpaired) electrons. The quantitative estimate of drug-likeness (QED) is 0.774. The van der Waals surface area contributed by atoms with Crippen molar-refractivity contribution in [2.24, 2.45) is 0 Å². The zero-order chi connectivity index (χ0) is 15.6. The lowest BCUT2D eigenvalue weighted by atomic mass is 10.2. The number of carboxylic acids is 1. The summed E-state index contributed by atoms with van der Waals surface area (Å²) in [5.74, 6) is -1.61. The van der Waals surface area contributed by atoms with Gasteiger partial charge in [0, 0.05) is 4.47 Å². The zero-order valence-corrected chi connectivity index (χ0v) is 13.3. The molecule has 2 N–H and O–H groups in total. The van der Waals surface area contributed by atoms with Crippen LogP contribution in [0.15, 0.2) is 34.8 Å². The number of aromatic carboxylic acids is 1. The molecule has 0 saturated heterocycles. The highest BCUT2D eigenvalue weighted by molar-refractivity contribution is 9.10. The Kier molecular flexibility index (Phi) is 4.82. The number of nitrogens with zero attached hydrogens (tertiary/aromatic N) is 1. The van der Waals surface area contributed by atoms with Gasteiger partial charge in [0.15, 0.2) is 0 Å². The number of pyridine rings is 1. The van der Waals surface area contributed by atoms with E-state index in [4.69, 9.17) is 28.3 Å². The summed E-state index contributed by atoms with van der Waals surface area (Å²) in [5.41, 5.74) is 0.472. The lowest BCUT2D eigenvalue weighted by Crippen LogP contribution is -2.15. The number of aromatic nitrogens is 1. The molecule has 2 aromatic rings. The predicted octanol–water partition coefficient (Wildman–Crippen LogP) is 4.10. The van der Waals surface area contributed by atoms with Crippen molar-refractivity contribution in [3.8, 4) is 0 Å². The van der Waals surface area contributed by atoms with Crippen molar-refractivity contribution in [2.45, 2.75) is 0 Å². The van der Waals surface area contributed by atoms with Crippen molar-refractivity contribution >= 4 is 56.7 Å². The zero-order valence-electron chi connectivity index (χ0n) is 10.2. The molecule has 2 rings (SSSR count). The minimum absolute atomic E-state index is 0.0154. The molecule has 0 unspecified atom stereocenters. The number of carbonyl (C=O) groups excluding carboxylic acids is 1. The van der Waals surface area contributed by atoms with Gasteiger partial charge in [0.25, 0.3) is 5.91 Å². The number of rotatable bonds is 3. The second-order valence-corrected chi connectivity index (χ2v) is 5.57. The fourth-order valence-corrected chi connectivity index (χ4v) is 2.33. The first-order valence-electron chi connectivity index (χ1n) is 5.54. The van der Waals surface area contributed by atoms with Gasteiger partial charge in [-0.25, -0.2) is 9.78 Å². The van der Waals surface area contributed by atoms with E-state index in [2.05, 4.69) is 26.2 Å². The highest BCUT2D eigenvalue weighted by Crippen LogP contribution is 2.25. The van der Waals surface area contributed by atoms with Gasteiger partial charge < -0.3 is 10.4 Å². The van der Waals surface area contributed by atoms with Crippen molar-refractivity contribution in [3.05, 3.63) is 56.2 Å². The number of nitrogens with one attached hydrogen (secondary N) is 1. The summed E-state index contributed by atoms with van der Waals surface area (Å²) in [6, 6.07) is 7.15. The normalized spacial score (nSPS) is 10.2. The molecular weight excluding hydrogens is 383 g/mol. The van der Waals surface area contributed by atoms with Crippen LogP contribution in [0.1, 0.15) is 20.8 Å². The molecule has 0 bridgehead atoms. The molecule has 21 heavy (non-hydrogen) atoms. The van der Waals surface area contributed by atoms with Crippen molar-refractivity contribution in [2.75, 3.05) is 5.32 Å². The molecule has 1 aromatic carbocycles. The second kappa shape index (κ2) is 6.43. The van der Waals surface area contributed by atoms with Gasteiger partial charge in [0.05, 0.1) is 16.3 Å². The van der Waals surface area contributed by atoms with E-state index in [1.165, 1.54) is 30.3 Å². The smallest absolute Gasteiger partial charge is 0.335 e. The highest BCUT2D eigenvalue weighted by Gasteiger charge is 2.15. The number of carboxylic acid groups (broad SMARTS) is 1. The number of carbonyl (C=O) groups is 2. The van der Waals surface area contributed by atoms with E-state index in [1.54, 1.807) is 0 Å². The van der Waals surface area contributed by atoms with Crippen molar-refractivity contribution in [1.29, 1.82) is 0 Å². The monoisotopic (exact) mass is 388 g/mol. The van der Waals surface area contributed by atoms with E-state index >= 15 is 0 Å². The van der Waals surface area contributed by atoms with Crippen LogP contribution >= 0.6 is 39.1 Å². The third-order valence-corrected chi connectivity index (χ3v) is 3.66. The SMILES string of the molecule is O=C(O)c1ccc(NC(=O)c2nc(Cl)ccc2Cl)c(Br)c1. The number of hydrogen-bond acceptors (Lipinski definition) is 3. The maximum Gasteiger partial charge on any atom is 0.335 e. The van der Waals surface area contributed by atoms with Gasteiger partial charge >= 0.3 is 5.97 Å². The molecule has 1 amide bonds. The van der Waals surface area contributed by atoms with Crippen LogP contribution in [0.4, 0.5) is 5.69 Å². The third kappa shape index (κ3) is 3.72. The Bertz CT molecular complexity index is 737. The lowest BCUT2D eigenvalue weighted by Gasteiger charge is -2.09. The first kappa shape index (κ1) is 15.8. The third-order valence-electron chi connectivity index (χ3n) is 2.49. The molecule has 5 nitrogen and oxygen atoms in total. The number of hydrogen-bond donors (Lipinski definition) is 2. The Morgan fingerprint density at radius 2 is 1.90 bits per heavy atom. The van der Waals surface area contributed by atoms with Gasteiger partial charge in [-0.3, -0.25) is 4.79 Å². The van der Waals surface area contributed by atoms with Crippen molar-refractivity contribution in [3.63, 3.8) is 0 Å². The summed E-state index contributed by atoms with van der Waals surface area (Å²) in [4.78, 5) is 26.8. The minimum atomic E-state index is -1.06. The van der Waals surface area contributed by atoms with Gasteiger partial charge in [-0.1, -0.05) is 23.2 Å². The Morgan fingerprint density at radius 1 is 1.19 bits per heavy atom. The molecule has 0 aliphatic rings. The molecule has 0 saturated carbocycles. The van der Waals surface area contributed by atoms with Crippen LogP contribution in [0.5, 0.6) is 0 Å². The van der Waals surface area contributed by atoms with Gasteiger partial charge in [-0.05, 0) is 46.3 Å². The van der Waals surface area contributed by atoms with E-state index in [-0.39, 0.29) is 21.4 Å². The number of amides is 1. The van der Waals surface area contributed by atoms with Gasteiger partial charge in [-0.2, -0.15) is 0 Å². The molecule has 0 atom stereocenters. The van der Waals surface area contributed by atoms with Crippen molar-refractivity contribution in [1.82, 2.24) is 4.98 Å². The predicted molar refractivity (Wildman–Crippen MR) is 83.3 cm³/mol. The maximum atomic E-state index is 12.1. The van der Waals surface area contributed by atoms with Gasteiger partial charge in [0.1, 0.15) is 10.8 Å². The Hall–Kier alpha value is -1.63. The summed E-state index contributed by atoms with van der Waals surface area (Å²) >= 11 is 14.8. The number of anilines is 1. The lowest BCUT2D eigenvalue weighted by molar-refractivity contribution is 0.0696. The summed E-state index contributed by atoms with van der Waals surface area (Å²) in [7, 11) is 0. The van der Waals surface area contributed by atoms with Crippen LogP contribution in [0.25, 0.3) is 0 Å². The van der Waals surface area contributed by atoms with Gasteiger partial charge in [0.2, 0.25) is 0 Å². The molecule has 1 heterocycles. The number of halogens is 3. The number of benzene rings is 1. The molecule has 0 spiro atoms. The van der Waals surface area contributed by atoms with Crippen LogP contribution in [-0.2, 0) is 0 Å². The maximum absolute atomic E-state index is 12.1. The van der Waals surface area contributed by atoms with E-state index in [9.17, 15) is 9.59 Å². The first-order chi connectivity index (χ1) is 9.88. The summed E-state index contributed by atoms with van der Waals surface area (Å²) in [6.07, 6.45) is 0. The Labute approximate surface area is 138 Å². The molecule has 0 fully saturated rings.